The highest BCUT2D eigenvalue weighted by Crippen LogP contribution is 2.49. The Labute approximate surface area is 291 Å². The monoisotopic (exact) mass is 627 g/mol. The summed E-state index contributed by atoms with van der Waals surface area (Å²) in [5.74, 6) is 0. The predicted octanol–water partition coefficient (Wildman–Crippen LogP) is 13.7. The smallest absolute Gasteiger partial charge is 0.143 e. The molecule has 0 aliphatic rings. The summed E-state index contributed by atoms with van der Waals surface area (Å²) in [6, 6.07) is 50.5. The fourth-order valence-corrected chi connectivity index (χ4v) is 7.61. The van der Waals surface area contributed by atoms with Crippen molar-refractivity contribution in [2.75, 3.05) is 0 Å². The third kappa shape index (κ3) is 4.26. The third-order valence-electron chi connectivity index (χ3n) is 9.67. The Bertz CT molecular complexity index is 3090. The maximum Gasteiger partial charge on any atom is 0.143 e. The van der Waals surface area contributed by atoms with Crippen LogP contribution in [0.3, 0.4) is 0 Å². The van der Waals surface area contributed by atoms with Crippen LogP contribution in [0.15, 0.2) is 186 Å². The summed E-state index contributed by atoms with van der Waals surface area (Å²) in [4.78, 5) is 0. The maximum atomic E-state index is 9.87. The molecule has 0 saturated carbocycles. The van der Waals surface area contributed by atoms with Crippen molar-refractivity contribution in [3.8, 4) is 44.5 Å². The average molecular weight is 628 g/mol. The highest BCUT2D eigenvalue weighted by molar-refractivity contribution is 6.28. The molecule has 10 rings (SSSR count). The van der Waals surface area contributed by atoms with Gasteiger partial charge in [0.2, 0.25) is 0 Å². The van der Waals surface area contributed by atoms with Crippen LogP contribution >= 0.6 is 0 Å². The van der Waals surface area contributed by atoms with Crippen LogP contribution in [0.1, 0.15) is 6.85 Å². The van der Waals surface area contributed by atoms with Crippen molar-refractivity contribution in [3.63, 3.8) is 0 Å². The first-order chi connectivity index (χ1) is 26.4. The van der Waals surface area contributed by atoms with Crippen molar-refractivity contribution in [1.82, 2.24) is 0 Å². The topological polar surface area (TPSA) is 13.1 Å². The van der Waals surface area contributed by atoms with Crippen LogP contribution in [0.4, 0.5) is 0 Å². The summed E-state index contributed by atoms with van der Waals surface area (Å²) in [7, 11) is 0. The maximum absolute atomic E-state index is 9.87. The van der Waals surface area contributed by atoms with Crippen LogP contribution in [0.25, 0.3) is 98.8 Å². The van der Waals surface area contributed by atoms with Gasteiger partial charge in [-0.25, -0.2) is 0 Å². The van der Waals surface area contributed by atoms with Gasteiger partial charge in [0.05, 0.1) is 6.85 Å². The van der Waals surface area contributed by atoms with Gasteiger partial charge in [-0.2, -0.15) is 0 Å². The Hall–Kier alpha value is -6.44. The third-order valence-corrected chi connectivity index (χ3v) is 9.67. The van der Waals surface area contributed by atoms with Gasteiger partial charge in [0.15, 0.2) is 0 Å². The molecule has 1 aromatic heterocycles. The van der Waals surface area contributed by atoms with Crippen molar-refractivity contribution in [1.29, 1.82) is 0 Å². The first-order valence-electron chi connectivity index (χ1n) is 19.0. The molecular formula is C48H30O. The van der Waals surface area contributed by atoms with Crippen molar-refractivity contribution in [2.45, 2.75) is 0 Å². The molecule has 0 unspecified atom stereocenters. The van der Waals surface area contributed by atoms with Gasteiger partial charge in [0.25, 0.3) is 0 Å². The SMILES string of the molecule is [2H]c1c([2H])c([2H])c2c(c1[2H])c(-c1ccccc1)c([2H])c1c2oc2cccc(-c3c4ccccc4c(-c4ccccc4-c4ccccc4)c4ccccc34)c21. The Kier molecular flexibility index (Phi) is 5.20. The summed E-state index contributed by atoms with van der Waals surface area (Å²) >= 11 is 0. The van der Waals surface area contributed by atoms with Crippen molar-refractivity contribution in [3.05, 3.63) is 182 Å². The summed E-state index contributed by atoms with van der Waals surface area (Å²) in [6.45, 7) is 0. The Morgan fingerprint density at radius 3 is 1.49 bits per heavy atom. The minimum Gasteiger partial charge on any atom is -0.455 e. The molecule has 1 heterocycles. The number of benzene rings is 9. The van der Waals surface area contributed by atoms with Gasteiger partial charge in [0.1, 0.15) is 11.2 Å². The second-order valence-electron chi connectivity index (χ2n) is 12.4. The number of furan rings is 1. The number of rotatable bonds is 4. The van der Waals surface area contributed by atoms with Crippen molar-refractivity contribution in [2.24, 2.45) is 0 Å². The zero-order valence-corrected chi connectivity index (χ0v) is 26.3. The lowest BCUT2D eigenvalue weighted by Crippen LogP contribution is -1.93. The van der Waals surface area contributed by atoms with E-state index in [0.717, 1.165) is 60.3 Å². The van der Waals surface area contributed by atoms with E-state index in [9.17, 15) is 1.37 Å². The van der Waals surface area contributed by atoms with E-state index in [0.29, 0.717) is 22.1 Å². The standard InChI is InChI=1S/C48H30O/c1-3-16-31(17-4-1)33-20-7-9-22-35(33)45-36-23-10-12-25-38(36)46(39-26-13-11-24-37(39)45)41-28-15-29-44-47(41)43-30-42(32-18-5-2-6-19-32)34-21-8-14-27-40(34)48(43)49-44/h1-30H/i8D,14D,21D,27D,30D. The molecule has 10 aromatic rings. The van der Waals surface area contributed by atoms with Crippen LogP contribution in [-0.2, 0) is 0 Å². The molecule has 49 heavy (non-hydrogen) atoms. The summed E-state index contributed by atoms with van der Waals surface area (Å²) < 4.78 is 51.9. The first kappa shape index (κ1) is 23.0. The molecule has 0 aliphatic carbocycles. The fraction of sp³-hybridized carbons (Fsp3) is 0. The average Bonchev–Trinajstić information content (AvgIpc) is 3.62. The van der Waals surface area contributed by atoms with E-state index in [4.69, 9.17) is 9.90 Å². The molecule has 0 saturated heterocycles. The van der Waals surface area contributed by atoms with E-state index >= 15 is 0 Å². The summed E-state index contributed by atoms with van der Waals surface area (Å²) in [6.07, 6.45) is 0. The minimum absolute atomic E-state index is 0.155. The van der Waals surface area contributed by atoms with Gasteiger partial charge < -0.3 is 4.42 Å². The lowest BCUT2D eigenvalue weighted by Gasteiger charge is -2.20. The molecule has 1 nitrogen and oxygen atoms in total. The van der Waals surface area contributed by atoms with Gasteiger partial charge in [-0.3, -0.25) is 0 Å². The number of fused-ring (bicyclic) bond motifs is 7. The van der Waals surface area contributed by atoms with Crippen LogP contribution in [0.5, 0.6) is 0 Å². The number of hydrogen-bond donors (Lipinski definition) is 0. The normalized spacial score (nSPS) is 13.1. The van der Waals surface area contributed by atoms with Gasteiger partial charge in [0, 0.05) is 16.2 Å². The summed E-state index contributed by atoms with van der Waals surface area (Å²) in [5.41, 5.74) is 8.43. The molecule has 0 amide bonds. The second kappa shape index (κ2) is 11.1. The van der Waals surface area contributed by atoms with Gasteiger partial charge in [-0.05, 0) is 83.5 Å². The van der Waals surface area contributed by atoms with E-state index in [1.54, 1.807) is 0 Å². The lowest BCUT2D eigenvalue weighted by molar-refractivity contribution is 0.673. The Morgan fingerprint density at radius 2 is 0.857 bits per heavy atom. The molecule has 0 N–H and O–H groups in total. The van der Waals surface area contributed by atoms with Crippen molar-refractivity contribution < 1.29 is 11.3 Å². The second-order valence-corrected chi connectivity index (χ2v) is 12.4. The van der Waals surface area contributed by atoms with Crippen LogP contribution < -0.4 is 0 Å². The van der Waals surface area contributed by atoms with Gasteiger partial charge in [-0.15, -0.1) is 0 Å². The predicted molar refractivity (Wildman–Crippen MR) is 208 cm³/mol. The molecule has 9 aromatic carbocycles. The van der Waals surface area contributed by atoms with E-state index in [1.165, 1.54) is 0 Å². The van der Waals surface area contributed by atoms with E-state index in [2.05, 4.69) is 103 Å². The van der Waals surface area contributed by atoms with Crippen LogP contribution in [0, 0.1) is 0 Å². The molecule has 0 radical (unpaired) electrons. The van der Waals surface area contributed by atoms with Gasteiger partial charge in [-0.1, -0.05) is 170 Å². The lowest BCUT2D eigenvalue weighted by atomic mass is 9.83. The Morgan fingerprint density at radius 1 is 0.367 bits per heavy atom. The zero-order chi connectivity index (χ0) is 36.7. The molecule has 0 atom stereocenters. The minimum atomic E-state index is -0.341. The number of hydrogen-bond acceptors (Lipinski definition) is 1. The largest absolute Gasteiger partial charge is 0.455 e. The van der Waals surface area contributed by atoms with Crippen molar-refractivity contribution >= 4 is 54.3 Å². The van der Waals surface area contributed by atoms with E-state index < -0.39 is 0 Å². The molecule has 0 fully saturated rings. The van der Waals surface area contributed by atoms with E-state index in [-0.39, 0.29) is 46.6 Å². The molecule has 1 heteroatoms. The molecule has 0 aliphatic heterocycles. The van der Waals surface area contributed by atoms with Crippen LogP contribution in [0.2, 0.25) is 0 Å². The Balaban J connectivity index is 1.38. The quantitative estimate of drug-likeness (QED) is 0.177. The van der Waals surface area contributed by atoms with E-state index in [1.807, 2.05) is 48.5 Å². The highest BCUT2D eigenvalue weighted by Gasteiger charge is 2.22. The fourth-order valence-electron chi connectivity index (χ4n) is 7.61. The molecule has 228 valence electrons. The molecule has 0 bridgehead atoms. The molecular weight excluding hydrogens is 593 g/mol. The first-order valence-corrected chi connectivity index (χ1v) is 16.5. The van der Waals surface area contributed by atoms with Crippen LogP contribution in [-0.4, -0.2) is 0 Å². The highest BCUT2D eigenvalue weighted by atomic mass is 16.3. The molecule has 0 spiro atoms. The zero-order valence-electron chi connectivity index (χ0n) is 31.3. The summed E-state index contributed by atoms with van der Waals surface area (Å²) in [5, 5.41) is 6.09. The van der Waals surface area contributed by atoms with Gasteiger partial charge >= 0.3 is 0 Å².